The minimum atomic E-state index is -4.63. The van der Waals surface area contributed by atoms with Crippen LogP contribution in [-0.4, -0.2) is 26.3 Å². The van der Waals surface area contributed by atoms with Crippen molar-refractivity contribution in [2.24, 2.45) is 0 Å². The third-order valence-corrected chi connectivity index (χ3v) is 5.60. The second-order valence-electron chi connectivity index (χ2n) is 5.17. The van der Waals surface area contributed by atoms with Gasteiger partial charge in [-0.25, -0.2) is 13.1 Å². The molecule has 0 amide bonds. The lowest BCUT2D eigenvalue weighted by molar-refractivity contribution is -0.137. The monoisotopic (exact) mass is 391 g/mol. The summed E-state index contributed by atoms with van der Waals surface area (Å²) in [7, 11) is -4.17. The van der Waals surface area contributed by atoms with Crippen LogP contribution in [0, 0.1) is 0 Å². The minimum Gasteiger partial charge on any atom is -0.387 e. The van der Waals surface area contributed by atoms with Gasteiger partial charge in [0.2, 0.25) is 10.0 Å². The van der Waals surface area contributed by atoms with E-state index in [1.807, 2.05) is 6.26 Å². The Hall–Kier alpha value is -1.55. The van der Waals surface area contributed by atoms with Gasteiger partial charge in [0.25, 0.3) is 0 Å². The molecule has 0 saturated carbocycles. The molecular weight excluding hydrogens is 375 g/mol. The van der Waals surface area contributed by atoms with Crippen molar-refractivity contribution in [3.8, 4) is 0 Å². The fourth-order valence-corrected chi connectivity index (χ4v) is 3.55. The van der Waals surface area contributed by atoms with Gasteiger partial charge in [0.15, 0.2) is 0 Å². The van der Waals surface area contributed by atoms with Gasteiger partial charge in [0.1, 0.15) is 0 Å². The van der Waals surface area contributed by atoms with Crippen molar-refractivity contribution in [2.75, 3.05) is 12.8 Å². The number of thioether (sulfide) groups is 1. The molecule has 0 radical (unpaired) electrons. The van der Waals surface area contributed by atoms with Crippen molar-refractivity contribution in [2.45, 2.75) is 22.1 Å². The molecule has 9 heteroatoms. The van der Waals surface area contributed by atoms with E-state index >= 15 is 0 Å². The molecule has 0 aliphatic rings. The predicted molar refractivity (Wildman–Crippen MR) is 89.8 cm³/mol. The minimum absolute atomic E-state index is 0.350. The number of hydrogen-bond acceptors (Lipinski definition) is 4. The molecule has 1 atom stereocenters. The molecule has 2 aromatic carbocycles. The zero-order chi connectivity index (χ0) is 18.7. The number of nitrogens with one attached hydrogen (secondary N) is 1. The summed E-state index contributed by atoms with van der Waals surface area (Å²) in [5.74, 6) is 0. The van der Waals surface area contributed by atoms with E-state index < -0.39 is 32.8 Å². The van der Waals surface area contributed by atoms with Gasteiger partial charge in [-0.15, -0.1) is 11.8 Å². The molecule has 25 heavy (non-hydrogen) atoms. The lowest BCUT2D eigenvalue weighted by Crippen LogP contribution is -2.28. The van der Waals surface area contributed by atoms with Gasteiger partial charge in [-0.2, -0.15) is 13.2 Å². The topological polar surface area (TPSA) is 66.4 Å². The van der Waals surface area contributed by atoms with E-state index in [1.165, 1.54) is 11.8 Å². The zero-order valence-electron chi connectivity index (χ0n) is 13.1. The summed E-state index contributed by atoms with van der Waals surface area (Å²) in [5.41, 5.74) is -0.548. The summed E-state index contributed by atoms with van der Waals surface area (Å²) >= 11 is 1.52. The molecule has 4 nitrogen and oxygen atoms in total. The fourth-order valence-electron chi connectivity index (χ4n) is 2.06. The highest BCUT2D eigenvalue weighted by molar-refractivity contribution is 7.98. The Labute approximate surface area is 148 Å². The number of sulfonamides is 1. The SMILES string of the molecule is CSc1ccc([C@H](O)CNS(=O)(=O)c2cccc(C(F)(F)F)c2)cc1. The quantitative estimate of drug-likeness (QED) is 0.741. The molecule has 0 unspecified atom stereocenters. The number of aliphatic hydroxyl groups excluding tert-OH is 1. The van der Waals surface area contributed by atoms with E-state index in [9.17, 15) is 26.7 Å². The summed E-state index contributed by atoms with van der Waals surface area (Å²) in [6, 6.07) is 10.3. The van der Waals surface area contributed by atoms with E-state index in [0.717, 1.165) is 23.1 Å². The number of halogens is 3. The lowest BCUT2D eigenvalue weighted by atomic mass is 10.1. The number of aliphatic hydroxyl groups is 1. The predicted octanol–water partition coefficient (Wildman–Crippen LogP) is 3.44. The van der Waals surface area contributed by atoms with E-state index in [2.05, 4.69) is 4.72 Å². The normalized spacial score (nSPS) is 13.6. The highest BCUT2D eigenvalue weighted by Gasteiger charge is 2.31. The number of benzene rings is 2. The first-order valence-corrected chi connectivity index (χ1v) is 9.83. The van der Waals surface area contributed by atoms with Crippen LogP contribution in [0.15, 0.2) is 58.3 Å². The standard InChI is InChI=1S/C16H16F3NO3S2/c1-24-13-7-5-11(6-8-13)15(21)10-20-25(22,23)14-4-2-3-12(9-14)16(17,18)19/h2-9,15,20-21H,10H2,1H3/t15-/m1/s1. The van der Waals surface area contributed by atoms with Crippen LogP contribution in [0.3, 0.4) is 0 Å². The second kappa shape index (κ2) is 7.77. The van der Waals surface area contributed by atoms with Crippen molar-refractivity contribution in [1.29, 1.82) is 0 Å². The van der Waals surface area contributed by atoms with Crippen LogP contribution in [-0.2, 0) is 16.2 Å². The first-order valence-electron chi connectivity index (χ1n) is 7.12. The van der Waals surface area contributed by atoms with E-state index in [1.54, 1.807) is 24.3 Å². The van der Waals surface area contributed by atoms with Crippen LogP contribution >= 0.6 is 11.8 Å². The fraction of sp³-hybridized carbons (Fsp3) is 0.250. The van der Waals surface area contributed by atoms with Crippen molar-refractivity contribution in [3.63, 3.8) is 0 Å². The lowest BCUT2D eigenvalue weighted by Gasteiger charge is -2.14. The summed E-state index contributed by atoms with van der Waals surface area (Å²) in [6.45, 7) is -0.350. The van der Waals surface area contributed by atoms with Gasteiger partial charge >= 0.3 is 6.18 Å². The van der Waals surface area contributed by atoms with Crippen LogP contribution in [0.4, 0.5) is 13.2 Å². The highest BCUT2D eigenvalue weighted by atomic mass is 32.2. The number of hydrogen-bond donors (Lipinski definition) is 2. The molecule has 0 aromatic heterocycles. The average molecular weight is 391 g/mol. The molecule has 0 fully saturated rings. The molecule has 136 valence electrons. The number of alkyl halides is 3. The Morgan fingerprint density at radius 1 is 1.16 bits per heavy atom. The summed E-state index contributed by atoms with van der Waals surface area (Å²) in [4.78, 5) is 0.479. The molecule has 0 bridgehead atoms. The molecule has 0 saturated heterocycles. The van der Waals surface area contributed by atoms with E-state index in [0.29, 0.717) is 11.6 Å². The zero-order valence-corrected chi connectivity index (χ0v) is 14.8. The molecular formula is C16H16F3NO3S2. The maximum Gasteiger partial charge on any atom is 0.416 e. The Morgan fingerprint density at radius 3 is 2.36 bits per heavy atom. The van der Waals surface area contributed by atoms with Gasteiger partial charge in [-0.05, 0) is 42.2 Å². The Balaban J connectivity index is 2.10. The smallest absolute Gasteiger partial charge is 0.387 e. The van der Waals surface area contributed by atoms with Gasteiger partial charge in [-0.1, -0.05) is 18.2 Å². The third-order valence-electron chi connectivity index (χ3n) is 3.44. The Bertz CT molecular complexity index is 821. The second-order valence-corrected chi connectivity index (χ2v) is 7.81. The molecule has 2 N–H and O–H groups in total. The molecule has 0 aliphatic carbocycles. The van der Waals surface area contributed by atoms with Crippen molar-refractivity contribution >= 4 is 21.8 Å². The summed E-state index contributed by atoms with van der Waals surface area (Å²) in [6.07, 6.45) is -3.85. The Kier molecular flexibility index (Phi) is 6.15. The van der Waals surface area contributed by atoms with Crippen LogP contribution in [0.5, 0.6) is 0 Å². The van der Waals surface area contributed by atoms with Crippen molar-refractivity contribution in [3.05, 3.63) is 59.7 Å². The molecule has 0 spiro atoms. The maximum absolute atomic E-state index is 12.7. The molecule has 0 heterocycles. The maximum atomic E-state index is 12.7. The molecule has 2 rings (SSSR count). The van der Waals surface area contributed by atoms with Crippen molar-refractivity contribution < 1.29 is 26.7 Å². The molecule has 2 aromatic rings. The van der Waals surface area contributed by atoms with Crippen molar-refractivity contribution in [1.82, 2.24) is 4.72 Å². The average Bonchev–Trinajstić information content (AvgIpc) is 2.59. The largest absolute Gasteiger partial charge is 0.416 e. The van der Waals surface area contributed by atoms with Gasteiger partial charge < -0.3 is 5.11 Å². The van der Waals surface area contributed by atoms with Gasteiger partial charge in [0, 0.05) is 11.4 Å². The highest BCUT2D eigenvalue weighted by Crippen LogP contribution is 2.30. The summed E-state index contributed by atoms with van der Waals surface area (Å²) in [5, 5.41) is 10.1. The van der Waals surface area contributed by atoms with E-state index in [-0.39, 0.29) is 6.54 Å². The Morgan fingerprint density at radius 2 is 1.80 bits per heavy atom. The first kappa shape index (κ1) is 19.8. The third kappa shape index (κ3) is 5.21. The van der Waals surface area contributed by atoms with Crippen LogP contribution in [0.25, 0.3) is 0 Å². The van der Waals surface area contributed by atoms with Gasteiger partial charge in [-0.3, -0.25) is 0 Å². The first-order chi connectivity index (χ1) is 11.6. The van der Waals surface area contributed by atoms with Gasteiger partial charge in [0.05, 0.1) is 16.6 Å². The molecule has 0 aliphatic heterocycles. The summed E-state index contributed by atoms with van der Waals surface area (Å²) < 4.78 is 64.5. The van der Waals surface area contributed by atoms with Crippen LogP contribution in [0.1, 0.15) is 17.2 Å². The number of rotatable bonds is 6. The van der Waals surface area contributed by atoms with Crippen LogP contribution in [0.2, 0.25) is 0 Å². The van der Waals surface area contributed by atoms with Crippen LogP contribution < -0.4 is 4.72 Å². The van der Waals surface area contributed by atoms with E-state index in [4.69, 9.17) is 0 Å².